The van der Waals surface area contributed by atoms with E-state index < -0.39 is 29.8 Å². The molecule has 3 aromatic rings. The van der Waals surface area contributed by atoms with Gasteiger partial charge in [0.2, 0.25) is 17.6 Å². The van der Waals surface area contributed by atoms with E-state index in [2.05, 4.69) is 20.5 Å². The van der Waals surface area contributed by atoms with Crippen molar-refractivity contribution in [1.82, 2.24) is 15.5 Å². The van der Waals surface area contributed by atoms with Gasteiger partial charge in [0.05, 0.1) is 18.2 Å². The summed E-state index contributed by atoms with van der Waals surface area (Å²) in [6.07, 6.45) is -0.744. The number of nitrogens with two attached hydrogens (primary N) is 1. The quantitative estimate of drug-likeness (QED) is 0.450. The number of carbonyl (C=O) groups excluding carboxylic acids is 3. The van der Waals surface area contributed by atoms with Crippen molar-refractivity contribution in [1.29, 1.82) is 0 Å². The molecule has 192 valence electrons. The lowest BCUT2D eigenvalue weighted by Crippen LogP contribution is -2.51. The van der Waals surface area contributed by atoms with Crippen molar-refractivity contribution in [2.45, 2.75) is 46.3 Å². The highest BCUT2D eigenvalue weighted by Crippen LogP contribution is 2.25. The molecule has 1 aliphatic rings. The second-order valence-electron chi connectivity index (χ2n) is 9.42. The number of hydrogen-bond donors (Lipinski definition) is 2. The van der Waals surface area contributed by atoms with Crippen LogP contribution in [0.25, 0.3) is 0 Å². The van der Waals surface area contributed by atoms with Gasteiger partial charge >= 0.3 is 0 Å². The summed E-state index contributed by atoms with van der Waals surface area (Å²) in [5.74, 6) is -1.68. The number of ketones is 1. The number of anilines is 1. The monoisotopic (exact) mass is 502 g/mol. The maximum atomic E-state index is 13.2. The van der Waals surface area contributed by atoms with Gasteiger partial charge in [-0.3, -0.25) is 24.3 Å². The van der Waals surface area contributed by atoms with E-state index in [4.69, 9.17) is 10.2 Å². The van der Waals surface area contributed by atoms with Crippen LogP contribution in [0.1, 0.15) is 54.0 Å². The normalized spacial score (nSPS) is 16.2. The maximum absolute atomic E-state index is 13.2. The molecular formula is C27H30N6O4. The van der Waals surface area contributed by atoms with Crippen molar-refractivity contribution in [3.05, 3.63) is 77.0 Å². The Kier molecular flexibility index (Phi) is 7.58. The van der Waals surface area contributed by atoms with Gasteiger partial charge in [0.1, 0.15) is 6.54 Å². The molecule has 10 nitrogen and oxygen atoms in total. The molecule has 0 bridgehead atoms. The molecule has 0 aliphatic carbocycles. The standard InChI is InChI=1S/C27H30N6O4/c1-15(2)23(24(35)26-32-31-22(37-26)13-18-9-7-8-16(3)12-18)30-21(34)14-33-20-11-6-5-10-19(20)17(4)29-25(28)27(33)36/h5-12,15,23,25H,13-14,28H2,1-4H3,(H,30,34)/t23-,25-/m1/s1. The van der Waals surface area contributed by atoms with E-state index in [0.717, 1.165) is 11.1 Å². The minimum absolute atomic E-state index is 0.177. The van der Waals surface area contributed by atoms with Crippen molar-refractivity contribution in [3.63, 3.8) is 0 Å². The molecule has 10 heteroatoms. The van der Waals surface area contributed by atoms with E-state index in [9.17, 15) is 14.4 Å². The first kappa shape index (κ1) is 25.9. The summed E-state index contributed by atoms with van der Waals surface area (Å²) in [5.41, 5.74) is 9.89. The van der Waals surface area contributed by atoms with Gasteiger partial charge in [-0.1, -0.05) is 61.9 Å². The third kappa shape index (κ3) is 5.80. The smallest absolute Gasteiger partial charge is 0.286 e. The minimum Gasteiger partial charge on any atom is -0.418 e. The summed E-state index contributed by atoms with van der Waals surface area (Å²) in [4.78, 5) is 44.8. The van der Waals surface area contributed by atoms with Crippen LogP contribution in [0, 0.1) is 12.8 Å². The Morgan fingerprint density at radius 2 is 1.86 bits per heavy atom. The van der Waals surface area contributed by atoms with Gasteiger partial charge in [-0.2, -0.15) is 0 Å². The topological polar surface area (TPSA) is 144 Å². The number of aryl methyl sites for hydroxylation is 1. The fourth-order valence-corrected chi connectivity index (χ4v) is 4.24. The second-order valence-corrected chi connectivity index (χ2v) is 9.42. The predicted molar refractivity (Wildman–Crippen MR) is 138 cm³/mol. The van der Waals surface area contributed by atoms with Crippen LogP contribution in [0.2, 0.25) is 0 Å². The molecule has 2 amide bonds. The van der Waals surface area contributed by atoms with Crippen LogP contribution in [0.3, 0.4) is 0 Å². The number of fused-ring (bicyclic) bond motifs is 1. The van der Waals surface area contributed by atoms with Gasteiger partial charge < -0.3 is 15.5 Å². The Labute approximate surface area is 215 Å². The van der Waals surface area contributed by atoms with Crippen LogP contribution in [-0.2, 0) is 16.0 Å². The fraction of sp³-hybridized carbons (Fsp3) is 0.333. The average molecular weight is 503 g/mol. The SMILES string of the molecule is CC1=N[C@@H](N)C(=O)N(CC(=O)N[C@@H](C(=O)c2nnc(Cc3cccc(C)c3)o2)C(C)C)c2ccccc21. The van der Waals surface area contributed by atoms with Crippen LogP contribution in [0.4, 0.5) is 5.69 Å². The van der Waals surface area contributed by atoms with Gasteiger partial charge in [-0.25, -0.2) is 0 Å². The summed E-state index contributed by atoms with van der Waals surface area (Å²) in [6, 6.07) is 14.1. The maximum Gasteiger partial charge on any atom is 0.286 e. The number of rotatable bonds is 8. The second kappa shape index (κ2) is 10.8. The van der Waals surface area contributed by atoms with Crippen LogP contribution >= 0.6 is 0 Å². The van der Waals surface area contributed by atoms with Gasteiger partial charge in [-0.05, 0) is 31.4 Å². The van der Waals surface area contributed by atoms with Crippen molar-refractivity contribution in [2.24, 2.45) is 16.6 Å². The lowest BCUT2D eigenvalue weighted by atomic mass is 9.99. The molecule has 0 spiro atoms. The Bertz CT molecular complexity index is 1360. The van der Waals surface area contributed by atoms with Crippen LogP contribution in [0.5, 0.6) is 0 Å². The van der Waals surface area contributed by atoms with E-state index in [1.54, 1.807) is 32.9 Å². The van der Waals surface area contributed by atoms with Crippen molar-refractivity contribution in [2.75, 3.05) is 11.4 Å². The number of benzodiazepines with no additional fused rings is 1. The first-order chi connectivity index (χ1) is 17.6. The average Bonchev–Trinajstić information content (AvgIpc) is 3.30. The molecule has 2 aromatic carbocycles. The molecule has 37 heavy (non-hydrogen) atoms. The number of para-hydroxylation sites is 1. The number of nitrogens with one attached hydrogen (secondary N) is 1. The number of aromatic nitrogens is 2. The predicted octanol–water partition coefficient (Wildman–Crippen LogP) is 2.43. The largest absolute Gasteiger partial charge is 0.418 e. The fourth-order valence-electron chi connectivity index (χ4n) is 4.24. The van der Waals surface area contributed by atoms with Crippen LogP contribution in [-0.4, -0.2) is 52.3 Å². The van der Waals surface area contributed by atoms with Crippen molar-refractivity contribution < 1.29 is 18.8 Å². The number of benzene rings is 2. The molecular weight excluding hydrogens is 472 g/mol. The Morgan fingerprint density at radius 3 is 2.59 bits per heavy atom. The molecule has 0 fully saturated rings. The first-order valence-corrected chi connectivity index (χ1v) is 12.1. The number of amides is 2. The lowest BCUT2D eigenvalue weighted by Gasteiger charge is -2.25. The third-order valence-electron chi connectivity index (χ3n) is 6.12. The molecule has 0 unspecified atom stereocenters. The number of carbonyl (C=O) groups is 3. The van der Waals surface area contributed by atoms with E-state index in [1.807, 2.05) is 43.3 Å². The Morgan fingerprint density at radius 1 is 1.11 bits per heavy atom. The first-order valence-electron chi connectivity index (χ1n) is 12.1. The molecule has 0 radical (unpaired) electrons. The molecule has 1 aromatic heterocycles. The van der Waals surface area contributed by atoms with Gasteiger partial charge in [0.15, 0.2) is 6.17 Å². The number of hydrogen-bond acceptors (Lipinski definition) is 8. The van der Waals surface area contributed by atoms with Gasteiger partial charge in [0.25, 0.3) is 11.8 Å². The molecule has 4 rings (SSSR count). The summed E-state index contributed by atoms with van der Waals surface area (Å²) in [5, 5.41) is 10.7. The molecule has 0 saturated carbocycles. The van der Waals surface area contributed by atoms with Crippen LogP contribution in [0.15, 0.2) is 57.9 Å². The van der Waals surface area contributed by atoms with Gasteiger partial charge in [-0.15, -0.1) is 10.2 Å². The summed E-state index contributed by atoms with van der Waals surface area (Å²) >= 11 is 0. The highest BCUT2D eigenvalue weighted by molar-refractivity contribution is 6.13. The zero-order valence-corrected chi connectivity index (χ0v) is 21.3. The third-order valence-corrected chi connectivity index (χ3v) is 6.12. The molecule has 3 N–H and O–H groups in total. The highest BCUT2D eigenvalue weighted by Gasteiger charge is 2.33. The lowest BCUT2D eigenvalue weighted by molar-refractivity contribution is -0.124. The molecule has 2 heterocycles. The zero-order valence-electron chi connectivity index (χ0n) is 21.3. The molecule has 1 aliphatic heterocycles. The highest BCUT2D eigenvalue weighted by atomic mass is 16.4. The molecule has 2 atom stereocenters. The molecule has 0 saturated heterocycles. The van der Waals surface area contributed by atoms with Gasteiger partial charge in [0, 0.05) is 11.3 Å². The van der Waals surface area contributed by atoms with E-state index in [1.165, 1.54) is 4.90 Å². The van der Waals surface area contributed by atoms with E-state index in [-0.39, 0.29) is 18.4 Å². The van der Waals surface area contributed by atoms with Crippen LogP contribution < -0.4 is 16.0 Å². The Hall–Kier alpha value is -4.18. The summed E-state index contributed by atoms with van der Waals surface area (Å²) in [7, 11) is 0. The van der Waals surface area contributed by atoms with Crippen molar-refractivity contribution >= 4 is 29.0 Å². The number of aliphatic imine (C=N–C) groups is 1. The Balaban J connectivity index is 1.49. The van der Waals surface area contributed by atoms with Crippen molar-refractivity contribution in [3.8, 4) is 0 Å². The number of nitrogens with zero attached hydrogens (tertiary/aromatic N) is 4. The van der Waals surface area contributed by atoms with E-state index >= 15 is 0 Å². The number of Topliss-reactive ketones (excluding diaryl/α,β-unsaturated/α-hetero) is 1. The summed E-state index contributed by atoms with van der Waals surface area (Å²) < 4.78 is 5.64. The minimum atomic E-state index is -1.13. The van der Waals surface area contributed by atoms with E-state index in [0.29, 0.717) is 29.3 Å². The zero-order chi connectivity index (χ0) is 26.7. The summed E-state index contributed by atoms with van der Waals surface area (Å²) in [6.45, 7) is 7.02.